The number of carbonyl (C=O) groups is 1. The minimum Gasteiger partial charge on any atom is -0.495 e. The van der Waals surface area contributed by atoms with Crippen molar-refractivity contribution in [3.63, 3.8) is 0 Å². The van der Waals surface area contributed by atoms with Gasteiger partial charge in [-0.15, -0.1) is 11.3 Å². The lowest BCUT2D eigenvalue weighted by atomic mass is 10.0. The molecule has 0 bridgehead atoms. The number of hydrogen-bond donors (Lipinski definition) is 1. The number of nitriles is 1. The van der Waals surface area contributed by atoms with Crippen LogP contribution in [0.3, 0.4) is 0 Å². The minimum absolute atomic E-state index is 0.366. The van der Waals surface area contributed by atoms with Gasteiger partial charge in [0.15, 0.2) is 6.29 Å². The molecule has 2 aromatic heterocycles. The Hall–Kier alpha value is -3.11. The Morgan fingerprint density at radius 1 is 1.20 bits per heavy atom. The van der Waals surface area contributed by atoms with Crippen LogP contribution in [0.5, 0.6) is 5.75 Å². The largest absolute Gasteiger partial charge is 0.495 e. The average molecular weight is 454 g/mol. The van der Waals surface area contributed by atoms with Gasteiger partial charge in [-0.3, -0.25) is 9.78 Å². The lowest BCUT2D eigenvalue weighted by Gasteiger charge is -2.15. The number of aromatic nitrogens is 1. The van der Waals surface area contributed by atoms with E-state index in [9.17, 15) is 10.1 Å². The van der Waals surface area contributed by atoms with E-state index in [4.69, 9.17) is 27.9 Å². The van der Waals surface area contributed by atoms with Crippen molar-refractivity contribution < 1.29 is 9.53 Å². The molecule has 0 aliphatic carbocycles. The Labute approximate surface area is 186 Å². The number of anilines is 2. The number of carbonyl (C=O) groups excluding carboxylic acids is 1. The van der Waals surface area contributed by atoms with Crippen LogP contribution in [-0.2, 0) is 0 Å². The number of halogens is 2. The fourth-order valence-electron chi connectivity index (χ4n) is 3.12. The molecule has 0 unspecified atom stereocenters. The van der Waals surface area contributed by atoms with Gasteiger partial charge in [-0.1, -0.05) is 35.3 Å². The van der Waals surface area contributed by atoms with Crippen molar-refractivity contribution >= 4 is 63.1 Å². The van der Waals surface area contributed by atoms with Crippen LogP contribution < -0.4 is 10.1 Å². The molecule has 148 valence electrons. The van der Waals surface area contributed by atoms with Crippen LogP contribution in [0.1, 0.15) is 15.9 Å². The van der Waals surface area contributed by atoms with Gasteiger partial charge in [0.2, 0.25) is 0 Å². The monoisotopic (exact) mass is 453 g/mol. The molecular weight excluding hydrogens is 441 g/mol. The maximum absolute atomic E-state index is 11.3. The number of thiophene rings is 1. The second-order valence-electron chi connectivity index (χ2n) is 6.31. The Kier molecular flexibility index (Phi) is 5.60. The van der Waals surface area contributed by atoms with E-state index in [1.807, 2.05) is 23.6 Å². The standard InChI is InChI=1S/C22H13Cl2N3O2S/c1-29-20-8-19(16(23)7-17(20)24)27-21-14(9-25)10-26-18-6-12(2-3-15(18)21)22-13(11-28)4-5-30-22/h2-8,10-11H,1H3,(H,26,27). The number of ether oxygens (including phenoxy) is 1. The zero-order valence-corrected chi connectivity index (χ0v) is 17.9. The third kappa shape index (κ3) is 3.59. The number of benzene rings is 2. The van der Waals surface area contributed by atoms with Gasteiger partial charge >= 0.3 is 0 Å². The molecule has 0 spiro atoms. The molecule has 0 amide bonds. The molecular formula is C22H13Cl2N3O2S. The molecule has 0 radical (unpaired) electrons. The summed E-state index contributed by atoms with van der Waals surface area (Å²) >= 11 is 14.0. The highest BCUT2D eigenvalue weighted by Crippen LogP contribution is 2.39. The van der Waals surface area contributed by atoms with E-state index in [0.717, 1.165) is 22.1 Å². The Balaban J connectivity index is 1.85. The fraction of sp³-hybridized carbons (Fsp3) is 0.0455. The molecule has 0 saturated carbocycles. The lowest BCUT2D eigenvalue weighted by Crippen LogP contribution is -1.98. The molecule has 0 fully saturated rings. The number of methoxy groups -OCH3 is 1. The van der Waals surface area contributed by atoms with Crippen LogP contribution in [0.25, 0.3) is 21.3 Å². The van der Waals surface area contributed by atoms with Gasteiger partial charge < -0.3 is 10.1 Å². The predicted molar refractivity (Wildman–Crippen MR) is 121 cm³/mol. The van der Waals surface area contributed by atoms with Crippen molar-refractivity contribution in [2.24, 2.45) is 0 Å². The molecule has 0 aliphatic heterocycles. The fourth-order valence-corrected chi connectivity index (χ4v) is 4.49. The highest BCUT2D eigenvalue weighted by molar-refractivity contribution is 7.14. The summed E-state index contributed by atoms with van der Waals surface area (Å²) in [7, 11) is 1.52. The molecule has 8 heteroatoms. The topological polar surface area (TPSA) is 75.0 Å². The highest BCUT2D eigenvalue weighted by Gasteiger charge is 2.15. The van der Waals surface area contributed by atoms with Crippen molar-refractivity contribution in [1.82, 2.24) is 4.98 Å². The van der Waals surface area contributed by atoms with Crippen LogP contribution in [0, 0.1) is 11.3 Å². The van der Waals surface area contributed by atoms with Gasteiger partial charge in [0.05, 0.1) is 39.6 Å². The van der Waals surface area contributed by atoms with Crippen LogP contribution in [0.15, 0.2) is 48.0 Å². The number of nitrogens with zero attached hydrogens (tertiary/aromatic N) is 2. The summed E-state index contributed by atoms with van der Waals surface area (Å²) in [5.74, 6) is 0.460. The zero-order chi connectivity index (χ0) is 21.3. The van der Waals surface area contributed by atoms with Gasteiger partial charge in [-0.05, 0) is 29.1 Å². The van der Waals surface area contributed by atoms with E-state index in [-0.39, 0.29) is 0 Å². The van der Waals surface area contributed by atoms with Gasteiger partial charge in [0.1, 0.15) is 11.8 Å². The number of nitrogens with one attached hydrogen (secondary N) is 1. The molecule has 0 atom stereocenters. The molecule has 2 aromatic carbocycles. The van der Waals surface area contributed by atoms with Crippen molar-refractivity contribution in [3.8, 4) is 22.3 Å². The summed E-state index contributed by atoms with van der Waals surface area (Å²) in [6.45, 7) is 0. The first-order valence-electron chi connectivity index (χ1n) is 8.71. The summed E-state index contributed by atoms with van der Waals surface area (Å²) in [6, 6.07) is 12.9. The molecule has 1 N–H and O–H groups in total. The van der Waals surface area contributed by atoms with E-state index < -0.39 is 0 Å². The Morgan fingerprint density at radius 3 is 2.77 bits per heavy atom. The molecule has 5 nitrogen and oxygen atoms in total. The normalized spacial score (nSPS) is 10.6. The minimum atomic E-state index is 0.366. The summed E-state index contributed by atoms with van der Waals surface area (Å²) in [4.78, 5) is 16.6. The third-order valence-electron chi connectivity index (χ3n) is 4.58. The van der Waals surface area contributed by atoms with E-state index in [1.54, 1.807) is 18.2 Å². The van der Waals surface area contributed by atoms with E-state index in [0.29, 0.717) is 43.8 Å². The number of fused-ring (bicyclic) bond motifs is 1. The summed E-state index contributed by atoms with van der Waals surface area (Å²) in [6.07, 6.45) is 2.34. The number of rotatable bonds is 5. The second kappa shape index (κ2) is 8.33. The van der Waals surface area contributed by atoms with Gasteiger partial charge in [-0.2, -0.15) is 5.26 Å². The number of pyridine rings is 1. The summed E-state index contributed by atoms with van der Waals surface area (Å²) in [5, 5.41) is 16.2. The first kappa shape index (κ1) is 20.2. The summed E-state index contributed by atoms with van der Waals surface area (Å²) in [5.41, 5.74) is 3.68. The highest BCUT2D eigenvalue weighted by atomic mass is 35.5. The molecule has 4 aromatic rings. The SMILES string of the molecule is COc1cc(Nc2c(C#N)cnc3cc(-c4sccc4C=O)ccc23)c(Cl)cc1Cl. The van der Waals surface area contributed by atoms with Crippen LogP contribution >= 0.6 is 34.5 Å². The van der Waals surface area contributed by atoms with E-state index >= 15 is 0 Å². The van der Waals surface area contributed by atoms with Crippen LogP contribution in [0.4, 0.5) is 11.4 Å². The van der Waals surface area contributed by atoms with Gasteiger partial charge in [0, 0.05) is 28.1 Å². The molecule has 0 aliphatic rings. The quantitative estimate of drug-likeness (QED) is 0.340. The van der Waals surface area contributed by atoms with Crippen molar-refractivity contribution in [1.29, 1.82) is 5.26 Å². The van der Waals surface area contributed by atoms with Crippen LogP contribution in [-0.4, -0.2) is 18.4 Å². The first-order chi connectivity index (χ1) is 14.5. The average Bonchev–Trinajstić information content (AvgIpc) is 3.24. The molecule has 2 heterocycles. The Bertz CT molecular complexity index is 1330. The van der Waals surface area contributed by atoms with E-state index in [1.165, 1.54) is 24.6 Å². The molecule has 0 saturated heterocycles. The van der Waals surface area contributed by atoms with Crippen molar-refractivity contribution in [3.05, 3.63) is 69.1 Å². The van der Waals surface area contributed by atoms with Crippen molar-refractivity contribution in [2.45, 2.75) is 0 Å². The Morgan fingerprint density at radius 2 is 2.03 bits per heavy atom. The third-order valence-corrected chi connectivity index (χ3v) is 6.16. The number of hydrogen-bond acceptors (Lipinski definition) is 6. The maximum Gasteiger partial charge on any atom is 0.151 e. The zero-order valence-electron chi connectivity index (χ0n) is 15.6. The van der Waals surface area contributed by atoms with Crippen molar-refractivity contribution in [2.75, 3.05) is 12.4 Å². The van der Waals surface area contributed by atoms with Gasteiger partial charge in [-0.25, -0.2) is 0 Å². The summed E-state index contributed by atoms with van der Waals surface area (Å²) < 4.78 is 5.27. The molecule has 30 heavy (non-hydrogen) atoms. The maximum atomic E-state index is 11.3. The smallest absolute Gasteiger partial charge is 0.151 e. The van der Waals surface area contributed by atoms with Crippen LogP contribution in [0.2, 0.25) is 10.0 Å². The van der Waals surface area contributed by atoms with Gasteiger partial charge in [0.25, 0.3) is 0 Å². The first-order valence-corrected chi connectivity index (χ1v) is 10.3. The van der Waals surface area contributed by atoms with E-state index in [2.05, 4.69) is 16.4 Å². The molecule has 4 rings (SSSR count). The predicted octanol–water partition coefficient (Wildman–Crippen LogP) is 6.71. The second-order valence-corrected chi connectivity index (χ2v) is 8.04. The number of aldehydes is 1. The lowest BCUT2D eigenvalue weighted by molar-refractivity contribution is 0.112.